The largest absolute Gasteiger partial charge is 0.477 e. The minimum absolute atomic E-state index is 0.348. The lowest BCUT2D eigenvalue weighted by Gasteiger charge is -1.90. The molecule has 2 aromatic carbocycles. The van der Waals surface area contributed by atoms with Gasteiger partial charge in [0.25, 0.3) is 0 Å². The van der Waals surface area contributed by atoms with Crippen LogP contribution in [0, 0.1) is 0 Å². The van der Waals surface area contributed by atoms with Crippen molar-refractivity contribution >= 4 is 76.6 Å². The highest BCUT2D eigenvalue weighted by atomic mass is 32.3. The van der Waals surface area contributed by atoms with E-state index in [1.54, 1.807) is 36.4 Å². The molecular formula is C18H16N2O8S3. The first-order valence-electron chi connectivity index (χ1n) is 8.08. The molecule has 164 valence electrons. The van der Waals surface area contributed by atoms with Crippen molar-refractivity contribution in [2.24, 2.45) is 0 Å². The number of anilines is 2. The average Bonchev–Trinajstić information content (AvgIpc) is 3.24. The zero-order valence-electron chi connectivity index (χ0n) is 15.4. The number of benzene rings is 2. The summed E-state index contributed by atoms with van der Waals surface area (Å²) in [4.78, 5) is 22.0. The van der Waals surface area contributed by atoms with E-state index in [1.807, 2.05) is 12.1 Å². The van der Waals surface area contributed by atoms with Gasteiger partial charge in [0.2, 0.25) is 0 Å². The van der Waals surface area contributed by atoms with Crippen LogP contribution in [0.15, 0.2) is 48.5 Å². The van der Waals surface area contributed by atoms with E-state index in [2.05, 4.69) is 0 Å². The van der Waals surface area contributed by atoms with E-state index in [0.717, 1.165) is 20.2 Å². The maximum atomic E-state index is 10.6. The molecule has 2 heterocycles. The lowest BCUT2D eigenvalue weighted by molar-refractivity contribution is 0.0691. The van der Waals surface area contributed by atoms with Gasteiger partial charge in [-0.25, -0.2) is 9.59 Å². The van der Waals surface area contributed by atoms with Gasteiger partial charge in [0, 0.05) is 20.8 Å². The molecule has 0 aliphatic carbocycles. The second kappa shape index (κ2) is 9.72. The first-order chi connectivity index (χ1) is 14.3. The Morgan fingerprint density at radius 1 is 0.710 bits per heavy atom. The number of hydrogen-bond acceptors (Lipinski definition) is 8. The molecule has 4 rings (SSSR count). The molecule has 0 bridgehead atoms. The number of carboxylic acids is 2. The zero-order chi connectivity index (χ0) is 23.3. The molecule has 0 fully saturated rings. The first-order valence-corrected chi connectivity index (χ1v) is 11.1. The number of carbonyl (C=O) groups is 2. The minimum atomic E-state index is -4.67. The minimum Gasteiger partial charge on any atom is -0.477 e. The molecule has 2 aromatic heterocycles. The van der Waals surface area contributed by atoms with E-state index < -0.39 is 22.3 Å². The fraction of sp³-hybridized carbons (Fsp3) is 0. The molecule has 13 heteroatoms. The Balaban J connectivity index is 0.000000182. The highest BCUT2D eigenvalue weighted by Gasteiger charge is 2.08. The molecule has 31 heavy (non-hydrogen) atoms. The molecule has 0 unspecified atom stereocenters. The van der Waals surface area contributed by atoms with Crippen LogP contribution in [-0.2, 0) is 10.4 Å². The first kappa shape index (κ1) is 24.0. The smallest absolute Gasteiger partial charge is 0.394 e. The maximum absolute atomic E-state index is 10.6. The molecule has 0 amide bonds. The molecule has 4 aromatic rings. The van der Waals surface area contributed by atoms with Gasteiger partial charge in [-0.05, 0) is 59.3 Å². The number of fused-ring (bicyclic) bond motifs is 2. The molecule has 0 spiro atoms. The Morgan fingerprint density at radius 2 is 1.03 bits per heavy atom. The van der Waals surface area contributed by atoms with Crippen LogP contribution in [0.4, 0.5) is 11.4 Å². The van der Waals surface area contributed by atoms with Crippen molar-refractivity contribution in [3.05, 3.63) is 58.3 Å². The molecule has 0 saturated carbocycles. The highest BCUT2D eigenvalue weighted by Crippen LogP contribution is 2.28. The van der Waals surface area contributed by atoms with Crippen molar-refractivity contribution in [2.75, 3.05) is 11.5 Å². The Morgan fingerprint density at radius 3 is 1.32 bits per heavy atom. The van der Waals surface area contributed by atoms with Gasteiger partial charge in [-0.15, -0.1) is 22.7 Å². The summed E-state index contributed by atoms with van der Waals surface area (Å²) in [7, 11) is -4.67. The summed E-state index contributed by atoms with van der Waals surface area (Å²) in [6.07, 6.45) is 0. The summed E-state index contributed by atoms with van der Waals surface area (Å²) in [5.41, 5.74) is 12.4. The lowest BCUT2D eigenvalue weighted by Crippen LogP contribution is -1.89. The molecule has 10 nitrogen and oxygen atoms in total. The molecule has 0 aliphatic rings. The molecule has 8 N–H and O–H groups in total. The number of nitrogens with two attached hydrogens (primary N) is 2. The lowest BCUT2D eigenvalue weighted by atomic mass is 10.2. The monoisotopic (exact) mass is 484 g/mol. The van der Waals surface area contributed by atoms with Gasteiger partial charge in [0.05, 0.1) is 0 Å². The number of rotatable bonds is 2. The number of carboxylic acid groups (broad SMARTS) is 2. The molecule has 0 atom stereocenters. The van der Waals surface area contributed by atoms with E-state index in [1.165, 1.54) is 22.7 Å². The molecule has 0 aliphatic heterocycles. The average molecular weight is 485 g/mol. The molecular weight excluding hydrogens is 468 g/mol. The van der Waals surface area contributed by atoms with E-state index in [9.17, 15) is 9.59 Å². The van der Waals surface area contributed by atoms with Crippen molar-refractivity contribution in [1.29, 1.82) is 0 Å². The third-order valence-electron chi connectivity index (χ3n) is 3.50. The third kappa shape index (κ3) is 7.51. The quantitative estimate of drug-likeness (QED) is 0.180. The predicted molar refractivity (Wildman–Crippen MR) is 121 cm³/mol. The van der Waals surface area contributed by atoms with Gasteiger partial charge in [0.15, 0.2) is 0 Å². The predicted octanol–water partition coefficient (Wildman–Crippen LogP) is 3.71. The second-order valence-electron chi connectivity index (χ2n) is 5.87. The van der Waals surface area contributed by atoms with Crippen molar-refractivity contribution in [2.45, 2.75) is 0 Å². The Hall–Kier alpha value is -3.23. The molecule has 0 saturated heterocycles. The van der Waals surface area contributed by atoms with E-state index in [0.29, 0.717) is 21.1 Å². The van der Waals surface area contributed by atoms with Gasteiger partial charge < -0.3 is 21.7 Å². The Kier molecular flexibility index (Phi) is 7.54. The Bertz CT molecular complexity index is 1260. The van der Waals surface area contributed by atoms with Crippen LogP contribution in [0.5, 0.6) is 0 Å². The number of thiophene rings is 2. The maximum Gasteiger partial charge on any atom is 0.394 e. The standard InChI is InChI=1S/2C9H7NO2S.H2O4S/c2*10-6-1-2-7-5(3-6)4-8(13-7)9(11)12;1-5(2,3)4/h2*1-4H,10H2,(H,11,12);(H2,1,2,3,4). The zero-order valence-corrected chi connectivity index (χ0v) is 17.9. The van der Waals surface area contributed by atoms with Crippen LogP contribution < -0.4 is 11.5 Å². The topological polar surface area (TPSA) is 201 Å². The summed E-state index contributed by atoms with van der Waals surface area (Å²) in [6.45, 7) is 0. The van der Waals surface area contributed by atoms with E-state index in [4.69, 9.17) is 39.2 Å². The second-order valence-corrected chi connectivity index (χ2v) is 8.94. The van der Waals surface area contributed by atoms with Crippen molar-refractivity contribution < 1.29 is 37.3 Å². The summed E-state index contributed by atoms with van der Waals surface area (Å²) in [6, 6.07) is 14.0. The van der Waals surface area contributed by atoms with Crippen molar-refractivity contribution in [3.63, 3.8) is 0 Å². The van der Waals surface area contributed by atoms with Crippen LogP contribution in [-0.4, -0.2) is 39.7 Å². The van der Waals surface area contributed by atoms with Crippen LogP contribution in [0.3, 0.4) is 0 Å². The van der Waals surface area contributed by atoms with Gasteiger partial charge in [-0.1, -0.05) is 0 Å². The van der Waals surface area contributed by atoms with E-state index in [-0.39, 0.29) is 0 Å². The van der Waals surface area contributed by atoms with Crippen molar-refractivity contribution in [3.8, 4) is 0 Å². The van der Waals surface area contributed by atoms with Crippen LogP contribution in [0.2, 0.25) is 0 Å². The van der Waals surface area contributed by atoms with Crippen LogP contribution >= 0.6 is 22.7 Å². The summed E-state index contributed by atoms with van der Waals surface area (Å²) < 4.78 is 33.5. The summed E-state index contributed by atoms with van der Waals surface area (Å²) in [5, 5.41) is 19.3. The number of aromatic carboxylic acids is 2. The summed E-state index contributed by atoms with van der Waals surface area (Å²) in [5.74, 6) is -1.78. The number of hydrogen-bond donors (Lipinski definition) is 6. The third-order valence-corrected chi connectivity index (χ3v) is 5.71. The van der Waals surface area contributed by atoms with Gasteiger partial charge in [0.1, 0.15) is 9.75 Å². The fourth-order valence-corrected chi connectivity index (χ4v) is 4.10. The Labute approximate surface area is 183 Å². The highest BCUT2D eigenvalue weighted by molar-refractivity contribution is 7.79. The fourth-order valence-electron chi connectivity index (χ4n) is 2.33. The van der Waals surface area contributed by atoms with Gasteiger partial charge >= 0.3 is 22.3 Å². The number of nitrogen functional groups attached to an aromatic ring is 2. The van der Waals surface area contributed by atoms with Crippen LogP contribution in [0.25, 0.3) is 20.2 Å². The van der Waals surface area contributed by atoms with Gasteiger partial charge in [-0.3, -0.25) is 9.11 Å². The molecule has 0 radical (unpaired) electrons. The van der Waals surface area contributed by atoms with Crippen molar-refractivity contribution in [1.82, 2.24) is 0 Å². The normalized spacial score (nSPS) is 10.6. The van der Waals surface area contributed by atoms with Crippen LogP contribution in [0.1, 0.15) is 19.3 Å². The SMILES string of the molecule is Nc1ccc2sc(C(=O)O)cc2c1.Nc1ccc2sc(C(=O)O)cc2c1.O=S(=O)(O)O. The summed E-state index contributed by atoms with van der Waals surface area (Å²) >= 11 is 2.52. The van der Waals surface area contributed by atoms with E-state index >= 15 is 0 Å². The van der Waals surface area contributed by atoms with Gasteiger partial charge in [-0.2, -0.15) is 8.42 Å².